The zero-order chi connectivity index (χ0) is 19.2. The van der Waals surface area contributed by atoms with Crippen molar-refractivity contribution < 1.29 is 9.53 Å². The molecule has 0 radical (unpaired) electrons. The van der Waals surface area contributed by atoms with E-state index in [4.69, 9.17) is 4.74 Å². The summed E-state index contributed by atoms with van der Waals surface area (Å²) in [5, 5.41) is 5.55. The Morgan fingerprint density at radius 3 is 2.56 bits per heavy atom. The topological polar surface area (TPSA) is 94.0 Å². The van der Waals surface area contributed by atoms with Crippen LogP contribution in [0.5, 0.6) is 5.88 Å². The molecule has 1 atom stereocenters. The first-order chi connectivity index (χ1) is 13.1. The van der Waals surface area contributed by atoms with Gasteiger partial charge in [0.05, 0.1) is 37.8 Å². The minimum absolute atomic E-state index is 0.170. The Morgan fingerprint density at radius 2 is 1.96 bits per heavy atom. The summed E-state index contributed by atoms with van der Waals surface area (Å²) in [4.78, 5) is 24.5. The standard InChI is InChI=1S/C19H22N6O2/c1-13(25-9-8-20-14(25)2)15-4-6-16(7-5-15)24-19(26)23-11-17-10-22-18(27-3)12-21-17/h4-10,12-13H,11H2,1-3H3,(H2,23,24,26)/t13-/m0/s1. The first-order valence-corrected chi connectivity index (χ1v) is 8.56. The maximum Gasteiger partial charge on any atom is 0.319 e. The number of amides is 2. The molecule has 0 aliphatic rings. The van der Waals surface area contributed by atoms with Gasteiger partial charge in [0.2, 0.25) is 5.88 Å². The van der Waals surface area contributed by atoms with Gasteiger partial charge in [-0.25, -0.2) is 14.8 Å². The van der Waals surface area contributed by atoms with Crippen molar-refractivity contribution in [2.24, 2.45) is 0 Å². The normalized spacial score (nSPS) is 11.7. The maximum absolute atomic E-state index is 12.1. The van der Waals surface area contributed by atoms with E-state index in [0.29, 0.717) is 17.3 Å². The number of carbonyl (C=O) groups excluding carboxylic acids is 1. The number of hydrogen-bond acceptors (Lipinski definition) is 5. The predicted octanol–water partition coefficient (Wildman–Crippen LogP) is 2.92. The molecule has 2 aromatic heterocycles. The molecule has 0 unspecified atom stereocenters. The Balaban J connectivity index is 1.54. The molecule has 3 rings (SSSR count). The van der Waals surface area contributed by atoms with E-state index >= 15 is 0 Å². The van der Waals surface area contributed by atoms with Crippen LogP contribution in [0.3, 0.4) is 0 Å². The molecule has 1 aromatic carbocycles. The lowest BCUT2D eigenvalue weighted by atomic mass is 10.1. The molecule has 0 spiro atoms. The van der Waals surface area contributed by atoms with E-state index in [2.05, 4.69) is 37.1 Å². The Morgan fingerprint density at radius 1 is 1.19 bits per heavy atom. The average Bonchev–Trinajstić information content (AvgIpc) is 3.12. The third-order valence-corrected chi connectivity index (χ3v) is 4.25. The van der Waals surface area contributed by atoms with Crippen LogP contribution >= 0.6 is 0 Å². The van der Waals surface area contributed by atoms with Gasteiger partial charge in [0.25, 0.3) is 0 Å². The number of rotatable bonds is 6. The molecule has 8 nitrogen and oxygen atoms in total. The Bertz CT molecular complexity index is 889. The number of nitrogens with one attached hydrogen (secondary N) is 2. The van der Waals surface area contributed by atoms with Gasteiger partial charge in [-0.1, -0.05) is 12.1 Å². The monoisotopic (exact) mass is 366 g/mol. The lowest BCUT2D eigenvalue weighted by Crippen LogP contribution is -2.28. The molecular weight excluding hydrogens is 344 g/mol. The fourth-order valence-corrected chi connectivity index (χ4v) is 2.69. The van der Waals surface area contributed by atoms with Crippen LogP contribution in [0.2, 0.25) is 0 Å². The van der Waals surface area contributed by atoms with E-state index < -0.39 is 0 Å². The lowest BCUT2D eigenvalue weighted by molar-refractivity contribution is 0.251. The van der Waals surface area contributed by atoms with Crippen molar-refractivity contribution in [3.05, 3.63) is 66.1 Å². The number of nitrogens with zero attached hydrogens (tertiary/aromatic N) is 4. The van der Waals surface area contributed by atoms with E-state index in [1.165, 1.54) is 13.3 Å². The summed E-state index contributed by atoms with van der Waals surface area (Å²) >= 11 is 0. The molecule has 8 heteroatoms. The van der Waals surface area contributed by atoms with Gasteiger partial charge in [-0.15, -0.1) is 0 Å². The summed E-state index contributed by atoms with van der Waals surface area (Å²) in [6, 6.07) is 7.61. The van der Waals surface area contributed by atoms with Gasteiger partial charge in [0.1, 0.15) is 5.82 Å². The summed E-state index contributed by atoms with van der Waals surface area (Å²) < 4.78 is 7.05. The molecule has 0 aliphatic heterocycles. The number of urea groups is 1. The van der Waals surface area contributed by atoms with Crippen molar-refractivity contribution in [3.8, 4) is 5.88 Å². The fraction of sp³-hybridized carbons (Fsp3) is 0.263. The maximum atomic E-state index is 12.1. The summed E-state index contributed by atoms with van der Waals surface area (Å²) in [5.74, 6) is 1.40. The number of aromatic nitrogens is 4. The number of benzene rings is 1. The molecule has 0 saturated heterocycles. The van der Waals surface area contributed by atoms with Gasteiger partial charge in [-0.3, -0.25) is 4.98 Å². The highest BCUT2D eigenvalue weighted by Gasteiger charge is 2.10. The molecule has 140 valence electrons. The van der Waals surface area contributed by atoms with Crippen molar-refractivity contribution in [1.82, 2.24) is 24.8 Å². The van der Waals surface area contributed by atoms with Crippen molar-refractivity contribution in [3.63, 3.8) is 0 Å². The molecule has 0 bridgehead atoms. The van der Waals surface area contributed by atoms with Gasteiger partial charge in [-0.05, 0) is 31.5 Å². The lowest BCUT2D eigenvalue weighted by Gasteiger charge is -2.16. The largest absolute Gasteiger partial charge is 0.480 e. The molecular formula is C19H22N6O2. The van der Waals surface area contributed by atoms with Crippen LogP contribution in [0, 0.1) is 6.92 Å². The molecule has 2 heterocycles. The summed E-state index contributed by atoms with van der Waals surface area (Å²) in [6.45, 7) is 4.36. The Hall–Kier alpha value is -3.42. The first-order valence-electron chi connectivity index (χ1n) is 8.56. The molecule has 0 saturated carbocycles. The van der Waals surface area contributed by atoms with Gasteiger partial charge in [0, 0.05) is 18.1 Å². The van der Waals surface area contributed by atoms with E-state index in [0.717, 1.165) is 11.4 Å². The fourth-order valence-electron chi connectivity index (χ4n) is 2.69. The van der Waals surface area contributed by atoms with Gasteiger partial charge in [-0.2, -0.15) is 0 Å². The summed E-state index contributed by atoms with van der Waals surface area (Å²) in [6.07, 6.45) is 6.82. The minimum Gasteiger partial charge on any atom is -0.480 e. The second-order valence-corrected chi connectivity index (χ2v) is 6.04. The summed E-state index contributed by atoms with van der Waals surface area (Å²) in [5.41, 5.74) is 2.49. The van der Waals surface area contributed by atoms with E-state index in [9.17, 15) is 4.79 Å². The highest BCUT2D eigenvalue weighted by atomic mass is 16.5. The van der Waals surface area contributed by atoms with Gasteiger partial charge < -0.3 is 19.9 Å². The third kappa shape index (κ3) is 4.60. The zero-order valence-corrected chi connectivity index (χ0v) is 15.5. The number of hydrogen-bond donors (Lipinski definition) is 2. The van der Waals surface area contributed by atoms with Crippen LogP contribution in [-0.4, -0.2) is 32.7 Å². The van der Waals surface area contributed by atoms with E-state index in [-0.39, 0.29) is 18.6 Å². The average molecular weight is 366 g/mol. The molecule has 27 heavy (non-hydrogen) atoms. The first kappa shape index (κ1) is 18.4. The molecule has 3 aromatic rings. The predicted molar refractivity (Wildman–Crippen MR) is 102 cm³/mol. The number of imidazole rings is 1. The van der Waals surface area contributed by atoms with E-state index in [1.54, 1.807) is 12.4 Å². The van der Waals surface area contributed by atoms with Crippen LogP contribution in [0.1, 0.15) is 30.0 Å². The van der Waals surface area contributed by atoms with E-state index in [1.807, 2.05) is 37.4 Å². The Kier molecular flexibility index (Phi) is 5.65. The molecule has 0 fully saturated rings. The second kappa shape index (κ2) is 8.31. The van der Waals surface area contributed by atoms with Crippen LogP contribution in [0.15, 0.2) is 49.1 Å². The number of carbonyl (C=O) groups is 1. The summed E-state index contributed by atoms with van der Waals surface area (Å²) in [7, 11) is 1.53. The zero-order valence-electron chi connectivity index (χ0n) is 15.5. The SMILES string of the molecule is COc1cnc(CNC(=O)Nc2ccc([C@H](C)n3ccnc3C)cc2)cn1. The second-order valence-electron chi connectivity index (χ2n) is 6.04. The van der Waals surface area contributed by atoms with Crippen molar-refractivity contribution >= 4 is 11.7 Å². The number of anilines is 1. The van der Waals surface area contributed by atoms with Crippen molar-refractivity contribution in [2.45, 2.75) is 26.4 Å². The van der Waals surface area contributed by atoms with Crippen LogP contribution in [0.4, 0.5) is 10.5 Å². The molecule has 0 aliphatic carbocycles. The number of ether oxygens (including phenoxy) is 1. The highest BCUT2D eigenvalue weighted by Crippen LogP contribution is 2.21. The van der Waals surface area contributed by atoms with Gasteiger partial charge in [0.15, 0.2) is 0 Å². The van der Waals surface area contributed by atoms with Crippen molar-refractivity contribution in [1.29, 1.82) is 0 Å². The number of aryl methyl sites for hydroxylation is 1. The smallest absolute Gasteiger partial charge is 0.319 e. The van der Waals surface area contributed by atoms with Crippen LogP contribution in [-0.2, 0) is 6.54 Å². The van der Waals surface area contributed by atoms with Crippen LogP contribution < -0.4 is 15.4 Å². The van der Waals surface area contributed by atoms with Crippen LogP contribution in [0.25, 0.3) is 0 Å². The number of methoxy groups -OCH3 is 1. The van der Waals surface area contributed by atoms with Crippen molar-refractivity contribution in [2.75, 3.05) is 12.4 Å². The Labute approximate surface area is 157 Å². The molecule has 2 N–H and O–H groups in total. The minimum atomic E-state index is -0.307. The molecule has 2 amide bonds. The third-order valence-electron chi connectivity index (χ3n) is 4.25. The van der Waals surface area contributed by atoms with Gasteiger partial charge >= 0.3 is 6.03 Å². The highest BCUT2D eigenvalue weighted by molar-refractivity contribution is 5.89. The quantitative estimate of drug-likeness (QED) is 0.699.